The van der Waals surface area contributed by atoms with Gasteiger partial charge in [0.05, 0.1) is 6.61 Å². The number of pyridine rings is 1. The fourth-order valence-corrected chi connectivity index (χ4v) is 1.87. The third-order valence-electron chi connectivity index (χ3n) is 3.02. The SMILES string of the molecule is Cc1ccc(OCCCC(=O)Nc2cc(C)ccn2)cc1. The molecule has 0 spiro atoms. The molecule has 1 amide bonds. The molecule has 0 bridgehead atoms. The van der Waals surface area contributed by atoms with Crippen molar-refractivity contribution in [2.24, 2.45) is 0 Å². The average Bonchev–Trinajstić information content (AvgIpc) is 2.45. The molecule has 4 nitrogen and oxygen atoms in total. The van der Waals surface area contributed by atoms with Crippen LogP contribution >= 0.6 is 0 Å². The van der Waals surface area contributed by atoms with Gasteiger partial charge >= 0.3 is 0 Å². The standard InChI is InChI=1S/C17H20N2O2/c1-13-5-7-15(8-6-13)21-11-3-4-17(20)19-16-12-14(2)9-10-18-16/h5-10,12H,3-4,11H2,1-2H3,(H,18,19,20). The van der Waals surface area contributed by atoms with Crippen molar-refractivity contribution < 1.29 is 9.53 Å². The number of aromatic nitrogens is 1. The molecule has 1 N–H and O–H groups in total. The topological polar surface area (TPSA) is 51.2 Å². The summed E-state index contributed by atoms with van der Waals surface area (Å²) in [5, 5.41) is 2.78. The fraction of sp³-hybridized carbons (Fsp3) is 0.294. The molecule has 2 rings (SSSR count). The Morgan fingerprint density at radius 2 is 1.90 bits per heavy atom. The number of hydrogen-bond acceptors (Lipinski definition) is 3. The lowest BCUT2D eigenvalue weighted by molar-refractivity contribution is -0.116. The van der Waals surface area contributed by atoms with E-state index in [0.29, 0.717) is 25.3 Å². The Bertz CT molecular complexity index is 594. The fourth-order valence-electron chi connectivity index (χ4n) is 1.87. The van der Waals surface area contributed by atoms with E-state index in [1.807, 2.05) is 50.2 Å². The van der Waals surface area contributed by atoms with E-state index in [4.69, 9.17) is 4.74 Å². The number of nitrogens with one attached hydrogen (secondary N) is 1. The second-order valence-corrected chi connectivity index (χ2v) is 5.03. The minimum Gasteiger partial charge on any atom is -0.494 e. The molecule has 1 aromatic carbocycles. The molecule has 0 aliphatic rings. The van der Waals surface area contributed by atoms with E-state index in [-0.39, 0.29) is 5.91 Å². The highest BCUT2D eigenvalue weighted by Gasteiger charge is 2.03. The molecular formula is C17H20N2O2. The molecule has 1 aromatic heterocycles. The highest BCUT2D eigenvalue weighted by Crippen LogP contribution is 2.12. The lowest BCUT2D eigenvalue weighted by atomic mass is 10.2. The van der Waals surface area contributed by atoms with E-state index in [1.54, 1.807) is 6.20 Å². The molecule has 2 aromatic rings. The molecule has 0 atom stereocenters. The van der Waals surface area contributed by atoms with Crippen LogP contribution in [0.15, 0.2) is 42.6 Å². The van der Waals surface area contributed by atoms with E-state index in [9.17, 15) is 4.79 Å². The summed E-state index contributed by atoms with van der Waals surface area (Å²) in [7, 11) is 0. The first-order valence-electron chi connectivity index (χ1n) is 7.05. The van der Waals surface area contributed by atoms with Gasteiger partial charge < -0.3 is 10.1 Å². The van der Waals surface area contributed by atoms with Gasteiger partial charge in [-0.15, -0.1) is 0 Å². The van der Waals surface area contributed by atoms with E-state index < -0.39 is 0 Å². The van der Waals surface area contributed by atoms with Crippen molar-refractivity contribution >= 4 is 11.7 Å². The van der Waals surface area contributed by atoms with Gasteiger partial charge in [-0.2, -0.15) is 0 Å². The van der Waals surface area contributed by atoms with Crippen LogP contribution in [-0.2, 0) is 4.79 Å². The quantitative estimate of drug-likeness (QED) is 0.826. The number of nitrogens with zero attached hydrogens (tertiary/aromatic N) is 1. The van der Waals surface area contributed by atoms with Gasteiger partial charge in [-0.3, -0.25) is 4.79 Å². The first kappa shape index (κ1) is 15.0. The van der Waals surface area contributed by atoms with Crippen LogP contribution in [0.2, 0.25) is 0 Å². The average molecular weight is 284 g/mol. The second kappa shape index (κ2) is 7.43. The van der Waals surface area contributed by atoms with Crippen molar-refractivity contribution in [3.63, 3.8) is 0 Å². The molecule has 110 valence electrons. The number of benzene rings is 1. The number of rotatable bonds is 6. The Hall–Kier alpha value is -2.36. The zero-order valence-corrected chi connectivity index (χ0v) is 12.4. The number of ether oxygens (including phenoxy) is 1. The molecule has 0 radical (unpaired) electrons. The number of aryl methyl sites for hydroxylation is 2. The number of carbonyl (C=O) groups is 1. The minimum absolute atomic E-state index is 0.0411. The van der Waals surface area contributed by atoms with Crippen molar-refractivity contribution in [2.45, 2.75) is 26.7 Å². The maximum absolute atomic E-state index is 11.8. The predicted molar refractivity (Wildman–Crippen MR) is 83.5 cm³/mol. The van der Waals surface area contributed by atoms with Crippen LogP contribution in [0.25, 0.3) is 0 Å². The van der Waals surface area contributed by atoms with Crippen LogP contribution in [0.1, 0.15) is 24.0 Å². The Balaban J connectivity index is 1.68. The molecule has 0 saturated carbocycles. The van der Waals surface area contributed by atoms with Crippen molar-refractivity contribution in [1.82, 2.24) is 4.98 Å². The predicted octanol–water partition coefficient (Wildman–Crippen LogP) is 3.50. The lowest BCUT2D eigenvalue weighted by Gasteiger charge is -2.07. The molecular weight excluding hydrogens is 264 g/mol. The minimum atomic E-state index is -0.0411. The normalized spacial score (nSPS) is 10.2. The molecule has 0 unspecified atom stereocenters. The Kier molecular flexibility index (Phi) is 5.32. The van der Waals surface area contributed by atoms with Crippen LogP contribution in [0.5, 0.6) is 5.75 Å². The highest BCUT2D eigenvalue weighted by atomic mass is 16.5. The van der Waals surface area contributed by atoms with Crippen molar-refractivity contribution in [3.8, 4) is 5.75 Å². The van der Waals surface area contributed by atoms with Crippen LogP contribution in [0.3, 0.4) is 0 Å². The number of anilines is 1. The van der Waals surface area contributed by atoms with Crippen molar-refractivity contribution in [1.29, 1.82) is 0 Å². The number of carbonyl (C=O) groups excluding carboxylic acids is 1. The summed E-state index contributed by atoms with van der Waals surface area (Å²) in [6, 6.07) is 11.6. The zero-order chi connectivity index (χ0) is 15.1. The smallest absolute Gasteiger partial charge is 0.225 e. The summed E-state index contributed by atoms with van der Waals surface area (Å²) in [6.45, 7) is 4.53. The summed E-state index contributed by atoms with van der Waals surface area (Å²) in [4.78, 5) is 15.9. The van der Waals surface area contributed by atoms with E-state index in [0.717, 1.165) is 11.3 Å². The van der Waals surface area contributed by atoms with Gasteiger partial charge in [0.2, 0.25) is 5.91 Å². The molecule has 1 heterocycles. The summed E-state index contributed by atoms with van der Waals surface area (Å²) in [5.74, 6) is 1.39. The number of amides is 1. The third kappa shape index (κ3) is 5.26. The molecule has 21 heavy (non-hydrogen) atoms. The monoisotopic (exact) mass is 284 g/mol. The highest BCUT2D eigenvalue weighted by molar-refractivity contribution is 5.89. The Morgan fingerprint density at radius 1 is 1.14 bits per heavy atom. The van der Waals surface area contributed by atoms with E-state index in [1.165, 1.54) is 5.56 Å². The van der Waals surface area contributed by atoms with Gasteiger partial charge in [-0.1, -0.05) is 17.7 Å². The van der Waals surface area contributed by atoms with Gasteiger partial charge in [-0.05, 0) is 50.1 Å². The Morgan fingerprint density at radius 3 is 2.62 bits per heavy atom. The van der Waals surface area contributed by atoms with E-state index in [2.05, 4.69) is 10.3 Å². The van der Waals surface area contributed by atoms with Crippen LogP contribution < -0.4 is 10.1 Å². The van der Waals surface area contributed by atoms with Crippen LogP contribution in [0, 0.1) is 13.8 Å². The molecule has 4 heteroatoms. The molecule has 0 fully saturated rings. The lowest BCUT2D eigenvalue weighted by Crippen LogP contribution is -2.13. The van der Waals surface area contributed by atoms with Crippen LogP contribution in [-0.4, -0.2) is 17.5 Å². The van der Waals surface area contributed by atoms with Crippen molar-refractivity contribution in [3.05, 3.63) is 53.7 Å². The first-order chi connectivity index (χ1) is 10.1. The van der Waals surface area contributed by atoms with Gasteiger partial charge in [0.15, 0.2) is 0 Å². The molecule has 0 aliphatic heterocycles. The molecule has 0 aliphatic carbocycles. The summed E-state index contributed by atoms with van der Waals surface area (Å²) in [6.07, 6.45) is 2.78. The van der Waals surface area contributed by atoms with Gasteiger partial charge in [0.25, 0.3) is 0 Å². The molecule has 0 saturated heterocycles. The van der Waals surface area contributed by atoms with Crippen LogP contribution in [0.4, 0.5) is 5.82 Å². The summed E-state index contributed by atoms with van der Waals surface area (Å²) in [5.41, 5.74) is 2.27. The van der Waals surface area contributed by atoms with Crippen molar-refractivity contribution in [2.75, 3.05) is 11.9 Å². The largest absolute Gasteiger partial charge is 0.494 e. The number of hydrogen-bond donors (Lipinski definition) is 1. The third-order valence-corrected chi connectivity index (χ3v) is 3.02. The van der Waals surface area contributed by atoms with Gasteiger partial charge in [-0.25, -0.2) is 4.98 Å². The van der Waals surface area contributed by atoms with Gasteiger partial charge in [0, 0.05) is 12.6 Å². The summed E-state index contributed by atoms with van der Waals surface area (Å²) < 4.78 is 5.59. The second-order valence-electron chi connectivity index (χ2n) is 5.03. The zero-order valence-electron chi connectivity index (χ0n) is 12.4. The van der Waals surface area contributed by atoms with Gasteiger partial charge in [0.1, 0.15) is 11.6 Å². The summed E-state index contributed by atoms with van der Waals surface area (Å²) >= 11 is 0. The first-order valence-corrected chi connectivity index (χ1v) is 7.05. The Labute approximate surface area is 125 Å². The maximum Gasteiger partial charge on any atom is 0.225 e. The maximum atomic E-state index is 11.8. The van der Waals surface area contributed by atoms with E-state index >= 15 is 0 Å².